The molecule has 0 aliphatic rings. The molecule has 0 saturated carbocycles. The lowest BCUT2D eigenvalue weighted by molar-refractivity contribution is -0.140. The predicted molar refractivity (Wildman–Crippen MR) is 73.5 cm³/mol. The summed E-state index contributed by atoms with van der Waals surface area (Å²) in [5.41, 5.74) is 1.40. The van der Waals surface area contributed by atoms with Crippen molar-refractivity contribution in [2.45, 2.75) is 25.7 Å². The van der Waals surface area contributed by atoms with Crippen LogP contribution >= 0.6 is 0 Å². The van der Waals surface area contributed by atoms with Gasteiger partial charge in [0.1, 0.15) is 0 Å². The Balaban J connectivity index is 2.05. The maximum atomic E-state index is 11.0. The fourth-order valence-corrected chi connectivity index (χ4v) is 1.85. The average Bonchev–Trinajstić information content (AvgIpc) is 2.42. The second kappa shape index (κ2) is 8.70. The Morgan fingerprint density at radius 2 is 1.89 bits per heavy atom. The maximum Gasteiger partial charge on any atom is 0.306 e. The van der Waals surface area contributed by atoms with E-state index in [2.05, 4.69) is 33.9 Å². The van der Waals surface area contributed by atoms with Crippen molar-refractivity contribution in [3.63, 3.8) is 0 Å². The van der Waals surface area contributed by atoms with Gasteiger partial charge in [-0.1, -0.05) is 30.3 Å². The van der Waals surface area contributed by atoms with Crippen LogP contribution in [-0.4, -0.2) is 38.1 Å². The van der Waals surface area contributed by atoms with E-state index in [1.165, 1.54) is 19.1 Å². The molecule has 0 amide bonds. The van der Waals surface area contributed by atoms with E-state index in [0.29, 0.717) is 6.42 Å². The van der Waals surface area contributed by atoms with Crippen LogP contribution in [0.25, 0.3) is 0 Å². The number of esters is 1. The third-order valence-corrected chi connectivity index (χ3v) is 3.02. The number of benzene rings is 1. The fraction of sp³-hybridized carbons (Fsp3) is 0.533. The zero-order chi connectivity index (χ0) is 13.2. The molecule has 0 radical (unpaired) electrons. The first-order valence-corrected chi connectivity index (χ1v) is 6.51. The summed E-state index contributed by atoms with van der Waals surface area (Å²) >= 11 is 0. The summed E-state index contributed by atoms with van der Waals surface area (Å²) in [7, 11) is 3.48. The first kappa shape index (κ1) is 14.7. The summed E-state index contributed by atoms with van der Waals surface area (Å²) in [6.45, 7) is 1.81. The monoisotopic (exact) mass is 249 g/mol. The molecule has 0 unspecified atom stereocenters. The van der Waals surface area contributed by atoms with Crippen LogP contribution in [0, 0.1) is 0 Å². The molecule has 1 aromatic rings. The van der Waals surface area contributed by atoms with Gasteiger partial charge in [-0.2, -0.15) is 0 Å². The van der Waals surface area contributed by atoms with Crippen LogP contribution < -0.4 is 0 Å². The van der Waals surface area contributed by atoms with Crippen molar-refractivity contribution in [2.24, 2.45) is 0 Å². The Morgan fingerprint density at radius 3 is 2.56 bits per heavy atom. The lowest BCUT2D eigenvalue weighted by Crippen LogP contribution is -2.23. The zero-order valence-electron chi connectivity index (χ0n) is 11.4. The molecule has 0 N–H and O–H groups in total. The number of rotatable bonds is 8. The second-order valence-electron chi connectivity index (χ2n) is 4.57. The Labute approximate surface area is 110 Å². The molecule has 0 aliphatic heterocycles. The predicted octanol–water partition coefficient (Wildman–Crippen LogP) is 2.50. The van der Waals surface area contributed by atoms with Gasteiger partial charge in [-0.25, -0.2) is 0 Å². The second-order valence-corrected chi connectivity index (χ2v) is 4.57. The van der Waals surface area contributed by atoms with Crippen molar-refractivity contribution in [1.82, 2.24) is 4.90 Å². The van der Waals surface area contributed by atoms with Gasteiger partial charge >= 0.3 is 5.97 Å². The van der Waals surface area contributed by atoms with E-state index >= 15 is 0 Å². The third-order valence-electron chi connectivity index (χ3n) is 3.02. The lowest BCUT2D eigenvalue weighted by Gasteiger charge is -2.15. The standard InChI is InChI=1S/C15H23NO2/c1-16(13-11-15(17)18-2)12-7-6-10-14-8-4-3-5-9-14/h3-5,8-9H,6-7,10-13H2,1-2H3. The van der Waals surface area contributed by atoms with E-state index in [-0.39, 0.29) is 5.97 Å². The van der Waals surface area contributed by atoms with Gasteiger partial charge in [0.05, 0.1) is 13.5 Å². The summed E-state index contributed by atoms with van der Waals surface area (Å²) in [6, 6.07) is 10.5. The average molecular weight is 249 g/mol. The van der Waals surface area contributed by atoms with Crippen molar-refractivity contribution in [1.29, 1.82) is 0 Å². The number of methoxy groups -OCH3 is 1. The normalized spacial score (nSPS) is 10.6. The summed E-state index contributed by atoms with van der Waals surface area (Å²) < 4.78 is 4.62. The van der Waals surface area contributed by atoms with Gasteiger partial charge in [0.15, 0.2) is 0 Å². The van der Waals surface area contributed by atoms with E-state index in [1.807, 2.05) is 13.1 Å². The smallest absolute Gasteiger partial charge is 0.306 e. The number of aryl methyl sites for hydroxylation is 1. The fourth-order valence-electron chi connectivity index (χ4n) is 1.85. The highest BCUT2D eigenvalue weighted by Crippen LogP contribution is 2.05. The first-order chi connectivity index (χ1) is 8.72. The van der Waals surface area contributed by atoms with Gasteiger partial charge in [0, 0.05) is 6.54 Å². The van der Waals surface area contributed by atoms with Crippen LogP contribution in [0.5, 0.6) is 0 Å². The van der Waals surface area contributed by atoms with Crippen LogP contribution in [0.2, 0.25) is 0 Å². The van der Waals surface area contributed by atoms with Gasteiger partial charge in [0.2, 0.25) is 0 Å². The van der Waals surface area contributed by atoms with E-state index in [9.17, 15) is 4.79 Å². The molecule has 3 nitrogen and oxygen atoms in total. The van der Waals surface area contributed by atoms with E-state index in [0.717, 1.165) is 25.9 Å². The SMILES string of the molecule is COC(=O)CCN(C)CCCCc1ccccc1. The van der Waals surface area contributed by atoms with Crippen molar-refractivity contribution in [3.05, 3.63) is 35.9 Å². The number of carbonyl (C=O) groups is 1. The minimum absolute atomic E-state index is 0.133. The minimum Gasteiger partial charge on any atom is -0.469 e. The molecule has 0 fully saturated rings. The molecule has 1 aromatic carbocycles. The van der Waals surface area contributed by atoms with E-state index < -0.39 is 0 Å². The molecule has 18 heavy (non-hydrogen) atoms. The number of hydrogen-bond acceptors (Lipinski definition) is 3. The number of hydrogen-bond donors (Lipinski definition) is 0. The topological polar surface area (TPSA) is 29.5 Å². The molecule has 0 atom stereocenters. The number of unbranched alkanes of at least 4 members (excludes halogenated alkanes) is 1. The summed E-state index contributed by atoms with van der Waals surface area (Å²) in [4.78, 5) is 13.2. The molecule has 1 rings (SSSR count). The Hall–Kier alpha value is -1.35. The van der Waals surface area contributed by atoms with Crippen LogP contribution in [0.4, 0.5) is 0 Å². The summed E-state index contributed by atoms with van der Waals surface area (Å²) in [5, 5.41) is 0. The number of carbonyl (C=O) groups excluding carboxylic acids is 1. The van der Waals surface area contributed by atoms with Crippen molar-refractivity contribution < 1.29 is 9.53 Å². The minimum atomic E-state index is -0.133. The van der Waals surface area contributed by atoms with Gasteiger partial charge in [-0.15, -0.1) is 0 Å². The molecule has 0 spiro atoms. The highest BCUT2D eigenvalue weighted by atomic mass is 16.5. The zero-order valence-corrected chi connectivity index (χ0v) is 11.4. The maximum absolute atomic E-state index is 11.0. The number of ether oxygens (including phenoxy) is 1. The van der Waals surface area contributed by atoms with Crippen molar-refractivity contribution >= 4 is 5.97 Å². The first-order valence-electron chi connectivity index (χ1n) is 6.51. The van der Waals surface area contributed by atoms with Crippen molar-refractivity contribution in [2.75, 3.05) is 27.2 Å². The van der Waals surface area contributed by atoms with Crippen LogP contribution in [-0.2, 0) is 16.0 Å². The Morgan fingerprint density at radius 1 is 1.17 bits per heavy atom. The molecule has 0 aliphatic carbocycles. The van der Waals surface area contributed by atoms with E-state index in [1.54, 1.807) is 0 Å². The van der Waals surface area contributed by atoms with Crippen molar-refractivity contribution in [3.8, 4) is 0 Å². The van der Waals surface area contributed by atoms with Gasteiger partial charge in [0.25, 0.3) is 0 Å². The third kappa shape index (κ3) is 6.40. The molecular formula is C15H23NO2. The highest BCUT2D eigenvalue weighted by Gasteiger charge is 2.03. The largest absolute Gasteiger partial charge is 0.469 e. The van der Waals surface area contributed by atoms with Crippen LogP contribution in [0.3, 0.4) is 0 Å². The highest BCUT2D eigenvalue weighted by molar-refractivity contribution is 5.69. The molecule has 3 heteroatoms. The molecule has 0 aromatic heterocycles. The Bertz CT molecular complexity index is 338. The lowest BCUT2D eigenvalue weighted by atomic mass is 10.1. The van der Waals surface area contributed by atoms with Crippen LogP contribution in [0.1, 0.15) is 24.8 Å². The quantitative estimate of drug-likeness (QED) is 0.524. The molecule has 100 valence electrons. The Kier molecular flexibility index (Phi) is 7.11. The van der Waals surface area contributed by atoms with Gasteiger partial charge in [-0.05, 0) is 38.4 Å². The van der Waals surface area contributed by atoms with Gasteiger partial charge < -0.3 is 9.64 Å². The molecule has 0 saturated heterocycles. The van der Waals surface area contributed by atoms with E-state index in [4.69, 9.17) is 0 Å². The summed E-state index contributed by atoms with van der Waals surface area (Å²) in [6.07, 6.45) is 3.95. The van der Waals surface area contributed by atoms with Crippen LogP contribution in [0.15, 0.2) is 30.3 Å². The summed E-state index contributed by atoms with van der Waals surface area (Å²) in [5.74, 6) is -0.133. The molecule has 0 bridgehead atoms. The molecular weight excluding hydrogens is 226 g/mol. The molecule has 0 heterocycles. The van der Waals surface area contributed by atoms with Gasteiger partial charge in [-0.3, -0.25) is 4.79 Å². The number of nitrogens with zero attached hydrogens (tertiary/aromatic N) is 1.